The zero-order chi connectivity index (χ0) is 6.78. The van der Waals surface area contributed by atoms with Crippen LogP contribution in [0, 0.1) is 0 Å². The van der Waals surface area contributed by atoms with E-state index in [0.717, 1.165) is 11.0 Å². The second kappa shape index (κ2) is 2.95. The van der Waals surface area contributed by atoms with Crippen LogP contribution in [0.25, 0.3) is 0 Å². The molecule has 1 nitrogen and oxygen atoms in total. The molecule has 0 aliphatic carbocycles. The minimum absolute atomic E-state index is 0.0185. The van der Waals surface area contributed by atoms with Gasteiger partial charge in [0.15, 0.2) is 0 Å². The van der Waals surface area contributed by atoms with Crippen molar-refractivity contribution in [2.45, 2.75) is 4.71 Å². The number of quaternary nitrogens is 1. The molecule has 0 amide bonds. The number of rotatable bonds is 2. The zero-order valence-corrected chi connectivity index (χ0v) is 7.21. The molecule has 0 fully saturated rings. The molecule has 0 radical (unpaired) electrons. The number of thiol groups is 1. The summed E-state index contributed by atoms with van der Waals surface area (Å²) in [6, 6.07) is 0. The average Bonchev–Trinajstić information content (AvgIpc) is 1.21. The van der Waals surface area contributed by atoms with Crippen LogP contribution in [-0.4, -0.2) is 36.9 Å². The van der Waals surface area contributed by atoms with Gasteiger partial charge in [-0.2, -0.15) is 12.6 Å². The highest BCUT2D eigenvalue weighted by Gasteiger charge is 2.10. The number of nitrogens with zero attached hydrogens (tertiary/aromatic N) is 1. The Kier molecular flexibility index (Phi) is 3.17. The van der Waals surface area contributed by atoms with Crippen molar-refractivity contribution in [3.05, 3.63) is 0 Å². The maximum Gasteiger partial charge on any atom is 0.125 e. The largest absolute Gasteiger partial charge is 0.329 e. The van der Waals surface area contributed by atoms with Crippen LogP contribution in [-0.2, 0) is 0 Å². The quantitative estimate of drug-likeness (QED) is 0.345. The number of hydrogen-bond donors (Lipinski definition) is 1. The lowest BCUT2D eigenvalue weighted by atomic mass is 10.6. The summed E-state index contributed by atoms with van der Waals surface area (Å²) in [4.78, 5) is 0. The van der Waals surface area contributed by atoms with Crippen molar-refractivity contribution in [2.75, 3.05) is 27.7 Å². The Morgan fingerprint density at radius 1 is 1.50 bits per heavy atom. The van der Waals surface area contributed by atoms with Gasteiger partial charge in [-0.15, -0.1) is 11.6 Å². The van der Waals surface area contributed by atoms with Crippen molar-refractivity contribution in [3.8, 4) is 0 Å². The highest BCUT2D eigenvalue weighted by molar-refractivity contribution is 7.82. The van der Waals surface area contributed by atoms with Gasteiger partial charge in [0.05, 0.1) is 21.1 Å². The summed E-state index contributed by atoms with van der Waals surface area (Å²) >= 11 is 9.65. The molecule has 0 aromatic carbocycles. The van der Waals surface area contributed by atoms with Crippen LogP contribution in [0.2, 0.25) is 0 Å². The fourth-order valence-corrected chi connectivity index (χ4v) is 1.36. The topological polar surface area (TPSA) is 0 Å². The molecule has 0 aliphatic rings. The summed E-state index contributed by atoms with van der Waals surface area (Å²) in [5, 5.41) is 0. The SMILES string of the molecule is C[N+](C)(C)CC(S)Cl. The van der Waals surface area contributed by atoms with E-state index in [2.05, 4.69) is 33.8 Å². The van der Waals surface area contributed by atoms with Gasteiger partial charge in [0.1, 0.15) is 11.3 Å². The van der Waals surface area contributed by atoms with E-state index in [0.29, 0.717) is 0 Å². The van der Waals surface area contributed by atoms with Crippen LogP contribution < -0.4 is 0 Å². The normalized spacial score (nSPS) is 16.1. The molecule has 1 atom stereocenters. The van der Waals surface area contributed by atoms with E-state index in [1.165, 1.54) is 0 Å². The molecular weight excluding hydrogens is 142 g/mol. The van der Waals surface area contributed by atoms with Gasteiger partial charge in [-0.25, -0.2) is 0 Å². The Morgan fingerprint density at radius 3 is 1.88 bits per heavy atom. The van der Waals surface area contributed by atoms with Crippen molar-refractivity contribution >= 4 is 24.2 Å². The first-order valence-corrected chi connectivity index (χ1v) is 3.50. The fraction of sp³-hybridized carbons (Fsp3) is 1.00. The molecule has 3 heteroatoms. The molecule has 0 N–H and O–H groups in total. The molecule has 0 bridgehead atoms. The van der Waals surface area contributed by atoms with Gasteiger partial charge in [-0.05, 0) is 0 Å². The maximum atomic E-state index is 5.61. The molecular formula is C5H13ClNS+. The van der Waals surface area contributed by atoms with Gasteiger partial charge in [0, 0.05) is 0 Å². The molecule has 8 heavy (non-hydrogen) atoms. The van der Waals surface area contributed by atoms with E-state index < -0.39 is 0 Å². The third kappa shape index (κ3) is 6.60. The molecule has 0 spiro atoms. The predicted molar refractivity (Wildman–Crippen MR) is 41.5 cm³/mol. The summed E-state index contributed by atoms with van der Waals surface area (Å²) in [6.07, 6.45) is 0. The molecule has 0 aromatic rings. The first-order chi connectivity index (χ1) is 3.42. The average molecular weight is 155 g/mol. The Balaban J connectivity index is 3.39. The number of alkyl halides is 1. The van der Waals surface area contributed by atoms with Crippen LogP contribution in [0.4, 0.5) is 0 Å². The standard InChI is InChI=1S/C5H12ClNS/c1-7(2,3)4-5(6)8/h5H,4H2,1-3H3/p+1. The highest BCUT2D eigenvalue weighted by Crippen LogP contribution is 2.04. The monoisotopic (exact) mass is 154 g/mol. The second-order valence-electron chi connectivity index (χ2n) is 2.91. The number of halogens is 1. The van der Waals surface area contributed by atoms with E-state index in [1.807, 2.05) is 0 Å². The van der Waals surface area contributed by atoms with Gasteiger partial charge < -0.3 is 4.48 Å². The van der Waals surface area contributed by atoms with Gasteiger partial charge in [0.25, 0.3) is 0 Å². The van der Waals surface area contributed by atoms with Crippen molar-refractivity contribution in [1.82, 2.24) is 0 Å². The lowest BCUT2D eigenvalue weighted by Crippen LogP contribution is -2.38. The summed E-state index contributed by atoms with van der Waals surface area (Å²) in [5.41, 5.74) is 0. The molecule has 0 saturated heterocycles. The van der Waals surface area contributed by atoms with E-state index >= 15 is 0 Å². The summed E-state index contributed by atoms with van der Waals surface area (Å²) in [5.74, 6) is 0. The van der Waals surface area contributed by atoms with Gasteiger partial charge in [-0.3, -0.25) is 0 Å². The van der Waals surface area contributed by atoms with E-state index in [9.17, 15) is 0 Å². The summed E-state index contributed by atoms with van der Waals surface area (Å²) in [7, 11) is 6.27. The third-order valence-electron chi connectivity index (χ3n) is 0.698. The minimum atomic E-state index is -0.0185. The van der Waals surface area contributed by atoms with Crippen molar-refractivity contribution < 1.29 is 4.48 Å². The van der Waals surface area contributed by atoms with Crippen LogP contribution in [0.3, 0.4) is 0 Å². The number of hydrogen-bond acceptors (Lipinski definition) is 1. The summed E-state index contributed by atoms with van der Waals surface area (Å²) in [6.45, 7) is 0.894. The lowest BCUT2D eigenvalue weighted by molar-refractivity contribution is -0.868. The zero-order valence-electron chi connectivity index (χ0n) is 5.56. The highest BCUT2D eigenvalue weighted by atomic mass is 35.5. The molecule has 0 saturated carbocycles. The first kappa shape index (κ1) is 8.60. The van der Waals surface area contributed by atoms with Crippen LogP contribution in [0.15, 0.2) is 0 Å². The Bertz CT molecular complexity index is 67.3. The molecule has 0 aromatic heterocycles. The Labute approximate surface area is 61.6 Å². The van der Waals surface area contributed by atoms with Crippen molar-refractivity contribution in [3.63, 3.8) is 0 Å². The van der Waals surface area contributed by atoms with E-state index in [4.69, 9.17) is 11.6 Å². The van der Waals surface area contributed by atoms with Crippen LogP contribution in [0.5, 0.6) is 0 Å². The van der Waals surface area contributed by atoms with Gasteiger partial charge in [0.2, 0.25) is 0 Å². The lowest BCUT2D eigenvalue weighted by Gasteiger charge is -2.24. The fourth-order valence-electron chi connectivity index (χ4n) is 0.452. The van der Waals surface area contributed by atoms with E-state index in [1.54, 1.807) is 0 Å². The maximum absolute atomic E-state index is 5.61. The van der Waals surface area contributed by atoms with Crippen LogP contribution in [0.1, 0.15) is 0 Å². The minimum Gasteiger partial charge on any atom is -0.329 e. The van der Waals surface area contributed by atoms with E-state index in [-0.39, 0.29) is 4.71 Å². The third-order valence-corrected chi connectivity index (χ3v) is 1.000. The van der Waals surface area contributed by atoms with Crippen molar-refractivity contribution in [1.29, 1.82) is 0 Å². The molecule has 50 valence electrons. The first-order valence-electron chi connectivity index (χ1n) is 2.54. The van der Waals surface area contributed by atoms with Crippen molar-refractivity contribution in [2.24, 2.45) is 0 Å². The van der Waals surface area contributed by atoms with Gasteiger partial charge >= 0.3 is 0 Å². The second-order valence-corrected chi connectivity index (χ2v) is 4.36. The smallest absolute Gasteiger partial charge is 0.125 e. The molecule has 0 heterocycles. The molecule has 1 unspecified atom stereocenters. The Hall–Kier alpha value is 0.600. The predicted octanol–water partition coefficient (Wildman–Crippen LogP) is 1.19. The molecule has 0 rings (SSSR count). The Morgan fingerprint density at radius 2 is 1.88 bits per heavy atom. The molecule has 0 aliphatic heterocycles. The summed E-state index contributed by atoms with van der Waals surface area (Å²) < 4.78 is 0.854. The van der Waals surface area contributed by atoms with Crippen LogP contribution >= 0.6 is 24.2 Å². The van der Waals surface area contributed by atoms with Gasteiger partial charge in [-0.1, -0.05) is 0 Å².